The number of rotatable bonds is 4. The summed E-state index contributed by atoms with van der Waals surface area (Å²) in [6.45, 7) is 2.66. The van der Waals surface area contributed by atoms with Gasteiger partial charge in [-0.1, -0.05) is 11.6 Å². The maximum Gasteiger partial charge on any atom is 0.243 e. The van der Waals surface area contributed by atoms with E-state index >= 15 is 0 Å². The van der Waals surface area contributed by atoms with Gasteiger partial charge in [0, 0.05) is 18.8 Å². The number of anilines is 1. The molecule has 0 bridgehead atoms. The number of halogens is 1. The van der Waals surface area contributed by atoms with Gasteiger partial charge in [-0.25, -0.2) is 4.52 Å². The first-order chi connectivity index (χ1) is 9.17. The third kappa shape index (κ3) is 2.39. The van der Waals surface area contributed by atoms with Gasteiger partial charge in [0.05, 0.1) is 17.2 Å². The van der Waals surface area contributed by atoms with Crippen LogP contribution in [0.5, 0.6) is 0 Å². The van der Waals surface area contributed by atoms with Crippen molar-refractivity contribution in [3.8, 4) is 0 Å². The minimum absolute atomic E-state index is 0.0628. The van der Waals surface area contributed by atoms with Gasteiger partial charge >= 0.3 is 0 Å². The fraction of sp³-hybridized carbons (Fsp3) is 0.500. The second-order valence-corrected chi connectivity index (χ2v) is 5.09. The molecule has 7 heteroatoms. The summed E-state index contributed by atoms with van der Waals surface area (Å²) in [7, 11) is 0. The molecule has 6 nitrogen and oxygen atoms in total. The normalized spacial score (nSPS) is 26.4. The Kier molecular flexibility index (Phi) is 3.30. The van der Waals surface area contributed by atoms with E-state index in [1.165, 1.54) is 0 Å². The number of nitrogens with zero attached hydrogens (tertiary/aromatic N) is 3. The Labute approximate surface area is 115 Å². The molecule has 1 aliphatic carbocycles. The van der Waals surface area contributed by atoms with Crippen LogP contribution in [0.4, 0.5) is 5.95 Å². The van der Waals surface area contributed by atoms with Crippen molar-refractivity contribution in [2.45, 2.75) is 31.5 Å². The number of nitrogens with two attached hydrogens (primary N) is 1. The largest absolute Gasteiger partial charge is 0.376 e. The summed E-state index contributed by atoms with van der Waals surface area (Å²) in [5.41, 5.74) is 6.73. The van der Waals surface area contributed by atoms with E-state index < -0.39 is 0 Å². The van der Waals surface area contributed by atoms with Gasteiger partial charge in [0.25, 0.3) is 0 Å². The predicted molar refractivity (Wildman–Crippen MR) is 73.4 cm³/mol. The van der Waals surface area contributed by atoms with E-state index in [4.69, 9.17) is 22.1 Å². The predicted octanol–water partition coefficient (Wildman–Crippen LogP) is 1.30. The Morgan fingerprint density at radius 1 is 1.58 bits per heavy atom. The van der Waals surface area contributed by atoms with Gasteiger partial charge in [-0.15, -0.1) is 5.10 Å². The summed E-state index contributed by atoms with van der Waals surface area (Å²) in [4.78, 5) is 4.38. The zero-order valence-corrected chi connectivity index (χ0v) is 11.3. The second kappa shape index (κ2) is 4.96. The van der Waals surface area contributed by atoms with E-state index in [-0.39, 0.29) is 18.2 Å². The van der Waals surface area contributed by atoms with Crippen molar-refractivity contribution >= 4 is 23.2 Å². The molecule has 3 unspecified atom stereocenters. The molecule has 0 aromatic carbocycles. The highest BCUT2D eigenvalue weighted by Gasteiger charge is 2.40. The second-order valence-electron chi connectivity index (χ2n) is 4.65. The van der Waals surface area contributed by atoms with Gasteiger partial charge in [-0.3, -0.25) is 0 Å². The van der Waals surface area contributed by atoms with E-state index in [0.717, 1.165) is 12.1 Å². The summed E-state index contributed by atoms with van der Waals surface area (Å²) < 4.78 is 7.24. The lowest BCUT2D eigenvalue weighted by Gasteiger charge is -2.42. The summed E-state index contributed by atoms with van der Waals surface area (Å²) in [6.07, 6.45) is 2.72. The van der Waals surface area contributed by atoms with Crippen LogP contribution in [0.25, 0.3) is 5.65 Å². The number of aromatic nitrogens is 3. The molecule has 2 aromatic heterocycles. The smallest absolute Gasteiger partial charge is 0.243 e. The summed E-state index contributed by atoms with van der Waals surface area (Å²) >= 11 is 5.91. The first-order valence-electron chi connectivity index (χ1n) is 6.33. The number of ether oxygens (including phenoxy) is 1. The van der Waals surface area contributed by atoms with Crippen molar-refractivity contribution in [3.63, 3.8) is 0 Å². The van der Waals surface area contributed by atoms with Crippen LogP contribution in [0, 0.1) is 0 Å². The summed E-state index contributed by atoms with van der Waals surface area (Å²) in [5, 5.41) is 8.18. The van der Waals surface area contributed by atoms with Crippen LogP contribution < -0.4 is 11.1 Å². The minimum Gasteiger partial charge on any atom is -0.376 e. The number of hydrogen-bond donors (Lipinski definition) is 2. The molecule has 1 fully saturated rings. The molecule has 3 atom stereocenters. The van der Waals surface area contributed by atoms with Crippen LogP contribution in [-0.2, 0) is 4.74 Å². The molecule has 0 aliphatic heterocycles. The van der Waals surface area contributed by atoms with Crippen molar-refractivity contribution in [1.29, 1.82) is 0 Å². The number of pyridine rings is 1. The van der Waals surface area contributed by atoms with E-state index in [1.807, 2.05) is 13.0 Å². The fourth-order valence-electron chi connectivity index (χ4n) is 2.30. The number of nitrogens with one attached hydrogen (secondary N) is 1. The van der Waals surface area contributed by atoms with Gasteiger partial charge in [0.15, 0.2) is 5.65 Å². The molecule has 0 amide bonds. The average molecular weight is 282 g/mol. The molecule has 2 heterocycles. The lowest BCUT2D eigenvalue weighted by molar-refractivity contribution is -0.0128. The Balaban J connectivity index is 1.77. The first-order valence-corrected chi connectivity index (χ1v) is 6.71. The lowest BCUT2D eigenvalue weighted by atomic mass is 9.83. The number of fused-ring (bicyclic) bond motifs is 1. The molecule has 0 saturated heterocycles. The van der Waals surface area contributed by atoms with Gasteiger partial charge in [0.1, 0.15) is 0 Å². The highest BCUT2D eigenvalue weighted by molar-refractivity contribution is 6.30. The molecule has 19 heavy (non-hydrogen) atoms. The minimum atomic E-state index is 0.0628. The SMILES string of the molecule is CCOC1CC(N)C1Nc1nc2ccc(Cl)cn2n1. The molecule has 102 valence electrons. The van der Waals surface area contributed by atoms with Crippen LogP contribution in [0.1, 0.15) is 13.3 Å². The maximum absolute atomic E-state index is 5.98. The highest BCUT2D eigenvalue weighted by atomic mass is 35.5. The third-order valence-corrected chi connectivity index (χ3v) is 3.56. The van der Waals surface area contributed by atoms with Crippen molar-refractivity contribution in [2.24, 2.45) is 5.73 Å². The molecular formula is C12H16ClN5O. The molecule has 1 aliphatic rings. The summed E-state index contributed by atoms with van der Waals surface area (Å²) in [6, 6.07) is 3.74. The van der Waals surface area contributed by atoms with Gasteiger partial charge in [-0.05, 0) is 25.5 Å². The molecule has 1 saturated carbocycles. The Morgan fingerprint density at radius 2 is 2.42 bits per heavy atom. The van der Waals surface area contributed by atoms with E-state index in [1.54, 1.807) is 16.8 Å². The molecule has 0 radical (unpaired) electrons. The van der Waals surface area contributed by atoms with E-state index in [0.29, 0.717) is 17.6 Å². The van der Waals surface area contributed by atoms with Crippen LogP contribution in [0.15, 0.2) is 18.3 Å². The average Bonchev–Trinajstić information content (AvgIpc) is 2.77. The Bertz CT molecular complexity index is 585. The molecule has 3 rings (SSSR count). The monoisotopic (exact) mass is 281 g/mol. The van der Waals surface area contributed by atoms with Gasteiger partial charge < -0.3 is 15.8 Å². The lowest BCUT2D eigenvalue weighted by Crippen LogP contribution is -2.60. The van der Waals surface area contributed by atoms with Crippen molar-refractivity contribution in [2.75, 3.05) is 11.9 Å². The zero-order chi connectivity index (χ0) is 13.4. The maximum atomic E-state index is 5.98. The Morgan fingerprint density at radius 3 is 3.16 bits per heavy atom. The molecule has 2 aromatic rings. The molecule has 0 spiro atoms. The molecular weight excluding hydrogens is 266 g/mol. The standard InChI is InChI=1S/C12H16ClN5O/c1-2-19-9-5-8(14)11(9)16-12-15-10-4-3-7(13)6-18(10)17-12/h3-4,6,8-9,11H,2,5,14H2,1H3,(H,16,17). The fourth-order valence-corrected chi connectivity index (χ4v) is 2.45. The first kappa shape index (κ1) is 12.7. The Hall–Kier alpha value is -1.37. The highest BCUT2D eigenvalue weighted by Crippen LogP contribution is 2.25. The molecule has 3 N–H and O–H groups in total. The topological polar surface area (TPSA) is 77.5 Å². The van der Waals surface area contributed by atoms with E-state index in [2.05, 4.69) is 15.4 Å². The zero-order valence-electron chi connectivity index (χ0n) is 10.6. The van der Waals surface area contributed by atoms with Crippen molar-refractivity contribution < 1.29 is 4.74 Å². The van der Waals surface area contributed by atoms with Crippen LogP contribution in [-0.4, -0.2) is 39.4 Å². The van der Waals surface area contributed by atoms with Gasteiger partial charge in [0.2, 0.25) is 5.95 Å². The van der Waals surface area contributed by atoms with Crippen LogP contribution >= 0.6 is 11.6 Å². The van der Waals surface area contributed by atoms with Gasteiger partial charge in [-0.2, -0.15) is 4.98 Å². The quantitative estimate of drug-likeness (QED) is 0.883. The number of hydrogen-bond acceptors (Lipinski definition) is 5. The van der Waals surface area contributed by atoms with Crippen molar-refractivity contribution in [3.05, 3.63) is 23.4 Å². The third-order valence-electron chi connectivity index (χ3n) is 3.34. The van der Waals surface area contributed by atoms with Crippen molar-refractivity contribution in [1.82, 2.24) is 14.6 Å². The van der Waals surface area contributed by atoms with Crippen LogP contribution in [0.2, 0.25) is 5.02 Å². The summed E-state index contributed by atoms with van der Waals surface area (Å²) in [5.74, 6) is 0.548. The van der Waals surface area contributed by atoms with Crippen LogP contribution in [0.3, 0.4) is 0 Å². The van der Waals surface area contributed by atoms with E-state index in [9.17, 15) is 0 Å².